The van der Waals surface area contributed by atoms with Crippen LogP contribution in [0.15, 0.2) is 40.2 Å². The Morgan fingerprint density at radius 1 is 1.41 bits per heavy atom. The van der Waals surface area contributed by atoms with Gasteiger partial charge in [0.05, 0.1) is 6.54 Å². The molecule has 0 fully saturated rings. The van der Waals surface area contributed by atoms with E-state index in [4.69, 9.17) is 0 Å². The van der Waals surface area contributed by atoms with Crippen molar-refractivity contribution < 1.29 is 4.79 Å². The minimum Gasteiger partial charge on any atom is -0.347 e. The van der Waals surface area contributed by atoms with E-state index in [9.17, 15) is 4.79 Å². The van der Waals surface area contributed by atoms with Crippen molar-refractivity contribution in [3.63, 3.8) is 0 Å². The Hall–Kier alpha value is -0.400. The van der Waals surface area contributed by atoms with Crippen molar-refractivity contribution in [3.05, 3.63) is 54.2 Å². The maximum atomic E-state index is 11.9. The van der Waals surface area contributed by atoms with Gasteiger partial charge in [0.2, 0.25) is 0 Å². The molecule has 0 saturated heterocycles. The summed E-state index contributed by atoms with van der Waals surface area (Å²) < 4.78 is 2.11. The first-order chi connectivity index (χ1) is 8.16. The van der Waals surface area contributed by atoms with Crippen LogP contribution in [0.4, 0.5) is 0 Å². The maximum Gasteiger partial charge on any atom is 0.251 e. The number of nitrogens with one attached hydrogen (secondary N) is 1. The molecule has 1 heterocycles. The third-order valence-electron chi connectivity index (χ3n) is 2.19. The third-order valence-corrected chi connectivity index (χ3v) is 4.78. The Morgan fingerprint density at radius 3 is 2.88 bits per heavy atom. The molecule has 2 aromatic rings. The zero-order chi connectivity index (χ0) is 12.3. The van der Waals surface area contributed by atoms with Crippen LogP contribution in [0.3, 0.4) is 0 Å². The highest BCUT2D eigenvalue weighted by atomic mass is 127. The number of halogens is 2. The molecule has 1 aromatic carbocycles. The number of carbonyl (C=O) groups is 1. The minimum absolute atomic E-state index is 0.0381. The van der Waals surface area contributed by atoms with Crippen molar-refractivity contribution in [1.29, 1.82) is 0 Å². The smallest absolute Gasteiger partial charge is 0.251 e. The molecule has 0 aliphatic heterocycles. The zero-order valence-electron chi connectivity index (χ0n) is 8.74. The van der Waals surface area contributed by atoms with Crippen molar-refractivity contribution in [2.45, 2.75) is 6.54 Å². The molecule has 0 bridgehead atoms. The summed E-state index contributed by atoms with van der Waals surface area (Å²) in [6.45, 7) is 0.558. The lowest BCUT2D eigenvalue weighted by Crippen LogP contribution is -2.22. The molecule has 0 spiro atoms. The fourth-order valence-electron chi connectivity index (χ4n) is 1.34. The Labute approximate surface area is 126 Å². The van der Waals surface area contributed by atoms with Crippen LogP contribution in [0.2, 0.25) is 0 Å². The Kier molecular flexibility index (Phi) is 4.58. The summed E-state index contributed by atoms with van der Waals surface area (Å²) in [5.41, 5.74) is 0.699. The second-order valence-electron chi connectivity index (χ2n) is 3.38. The van der Waals surface area contributed by atoms with Crippen LogP contribution in [-0.2, 0) is 6.54 Å². The van der Waals surface area contributed by atoms with E-state index < -0.39 is 0 Å². The summed E-state index contributed by atoms with van der Waals surface area (Å²) >= 11 is 7.27. The molecular weight excluding hydrogens is 413 g/mol. The fourth-order valence-corrected chi connectivity index (χ4v) is 3.32. The fraction of sp³-hybridized carbons (Fsp3) is 0.0833. The average Bonchev–Trinajstić information content (AvgIpc) is 2.72. The lowest BCUT2D eigenvalue weighted by Gasteiger charge is -2.04. The van der Waals surface area contributed by atoms with Gasteiger partial charge in [-0.25, -0.2) is 0 Å². The zero-order valence-corrected chi connectivity index (χ0v) is 13.3. The largest absolute Gasteiger partial charge is 0.347 e. The number of hydrogen-bond donors (Lipinski definition) is 1. The number of thiophene rings is 1. The molecule has 1 N–H and O–H groups in total. The van der Waals surface area contributed by atoms with E-state index in [-0.39, 0.29) is 5.91 Å². The Bertz CT molecular complexity index is 541. The lowest BCUT2D eigenvalue weighted by molar-refractivity contribution is 0.0951. The van der Waals surface area contributed by atoms with E-state index >= 15 is 0 Å². The summed E-state index contributed by atoms with van der Waals surface area (Å²) in [7, 11) is 0. The van der Waals surface area contributed by atoms with Gasteiger partial charge in [0.15, 0.2) is 0 Å². The van der Waals surface area contributed by atoms with Crippen LogP contribution in [-0.4, -0.2) is 5.91 Å². The summed E-state index contributed by atoms with van der Waals surface area (Å²) in [6, 6.07) is 9.53. The summed E-state index contributed by atoms with van der Waals surface area (Å²) in [4.78, 5) is 13.0. The highest BCUT2D eigenvalue weighted by Crippen LogP contribution is 2.22. The highest BCUT2D eigenvalue weighted by Gasteiger charge is 2.07. The number of benzene rings is 1. The molecule has 1 amide bonds. The molecule has 0 radical (unpaired) electrons. The van der Waals surface area contributed by atoms with E-state index in [2.05, 4.69) is 43.8 Å². The molecule has 5 heteroatoms. The third kappa shape index (κ3) is 3.53. The molecule has 0 atom stereocenters. The van der Waals surface area contributed by atoms with Gasteiger partial charge in [-0.2, -0.15) is 0 Å². The second kappa shape index (κ2) is 5.97. The first-order valence-electron chi connectivity index (χ1n) is 4.92. The molecule has 17 heavy (non-hydrogen) atoms. The monoisotopic (exact) mass is 421 g/mol. The van der Waals surface area contributed by atoms with Gasteiger partial charge in [0.1, 0.15) is 0 Å². The quantitative estimate of drug-likeness (QED) is 0.744. The predicted octanol–water partition coefficient (Wildman–Crippen LogP) is 4.05. The van der Waals surface area contributed by atoms with Crippen molar-refractivity contribution in [3.8, 4) is 0 Å². The first-order valence-corrected chi connectivity index (χ1v) is 7.67. The topological polar surface area (TPSA) is 29.1 Å². The Morgan fingerprint density at radius 2 is 2.24 bits per heavy atom. The summed E-state index contributed by atoms with van der Waals surface area (Å²) in [5, 5.41) is 4.90. The van der Waals surface area contributed by atoms with Gasteiger partial charge < -0.3 is 5.32 Å². The van der Waals surface area contributed by atoms with E-state index in [0.29, 0.717) is 12.1 Å². The first kappa shape index (κ1) is 13.0. The Balaban J connectivity index is 2.01. The minimum atomic E-state index is -0.0381. The molecule has 2 rings (SSSR count). The van der Waals surface area contributed by atoms with Gasteiger partial charge in [-0.05, 0) is 68.2 Å². The van der Waals surface area contributed by atoms with Crippen LogP contribution < -0.4 is 5.32 Å². The van der Waals surface area contributed by atoms with Gasteiger partial charge >= 0.3 is 0 Å². The molecule has 1 aromatic heterocycles. The van der Waals surface area contributed by atoms with Gasteiger partial charge in [0, 0.05) is 18.5 Å². The van der Waals surface area contributed by atoms with Crippen LogP contribution in [0.25, 0.3) is 0 Å². The predicted molar refractivity (Wildman–Crippen MR) is 82.3 cm³/mol. The SMILES string of the molecule is O=C(NCc1sccc1Br)c1cccc(I)c1. The van der Waals surface area contributed by atoms with Crippen LogP contribution >= 0.6 is 49.9 Å². The normalized spacial score (nSPS) is 10.2. The molecule has 0 aliphatic rings. The van der Waals surface area contributed by atoms with E-state index in [1.54, 1.807) is 11.3 Å². The number of carbonyl (C=O) groups excluding carboxylic acids is 1. The van der Waals surface area contributed by atoms with Crippen LogP contribution in [0.5, 0.6) is 0 Å². The average molecular weight is 422 g/mol. The van der Waals surface area contributed by atoms with E-state index in [1.807, 2.05) is 35.7 Å². The molecule has 0 saturated carbocycles. The maximum absolute atomic E-state index is 11.9. The van der Waals surface area contributed by atoms with Gasteiger partial charge in [0.25, 0.3) is 5.91 Å². The van der Waals surface area contributed by atoms with E-state index in [1.165, 1.54) is 0 Å². The summed E-state index contributed by atoms with van der Waals surface area (Å²) in [6.07, 6.45) is 0. The number of hydrogen-bond acceptors (Lipinski definition) is 2. The molecular formula is C12H9BrINOS. The van der Waals surface area contributed by atoms with Gasteiger partial charge in [-0.3, -0.25) is 4.79 Å². The molecule has 2 nitrogen and oxygen atoms in total. The summed E-state index contributed by atoms with van der Waals surface area (Å²) in [5.74, 6) is -0.0381. The van der Waals surface area contributed by atoms with Crippen LogP contribution in [0.1, 0.15) is 15.2 Å². The highest BCUT2D eigenvalue weighted by molar-refractivity contribution is 14.1. The van der Waals surface area contributed by atoms with Crippen molar-refractivity contribution >= 4 is 55.8 Å². The van der Waals surface area contributed by atoms with E-state index in [0.717, 1.165) is 12.9 Å². The molecule has 0 unspecified atom stereocenters. The number of amides is 1. The number of rotatable bonds is 3. The van der Waals surface area contributed by atoms with Crippen molar-refractivity contribution in [1.82, 2.24) is 5.32 Å². The lowest BCUT2D eigenvalue weighted by atomic mass is 10.2. The molecule has 88 valence electrons. The van der Waals surface area contributed by atoms with Gasteiger partial charge in [-0.15, -0.1) is 11.3 Å². The standard InChI is InChI=1S/C12H9BrINOS/c13-10-4-5-17-11(10)7-15-12(16)8-2-1-3-9(14)6-8/h1-6H,7H2,(H,15,16). The van der Waals surface area contributed by atoms with Gasteiger partial charge in [-0.1, -0.05) is 6.07 Å². The van der Waals surface area contributed by atoms with Crippen molar-refractivity contribution in [2.24, 2.45) is 0 Å². The molecule has 0 aliphatic carbocycles. The second-order valence-corrected chi connectivity index (χ2v) is 6.49. The van der Waals surface area contributed by atoms with Crippen molar-refractivity contribution in [2.75, 3.05) is 0 Å². The van der Waals surface area contributed by atoms with Crippen LogP contribution in [0, 0.1) is 3.57 Å².